The van der Waals surface area contributed by atoms with Gasteiger partial charge < -0.3 is 19.1 Å². The number of furan rings is 1. The lowest BCUT2D eigenvalue weighted by atomic mass is 9.96. The summed E-state index contributed by atoms with van der Waals surface area (Å²) < 4.78 is 24.7. The van der Waals surface area contributed by atoms with Gasteiger partial charge in [-0.15, -0.1) is 5.10 Å². The fraction of sp³-hybridized carbons (Fsp3) is 0.333. The summed E-state index contributed by atoms with van der Waals surface area (Å²) >= 11 is 0. The first-order valence-corrected chi connectivity index (χ1v) is 9.06. The number of hydrogen-bond acceptors (Lipinski definition) is 8. The first-order chi connectivity index (χ1) is 14.0. The summed E-state index contributed by atoms with van der Waals surface area (Å²) in [5, 5.41) is 19.8. The third-order valence-corrected chi connectivity index (χ3v) is 4.88. The predicted octanol–water partition coefficient (Wildman–Crippen LogP) is 3.00. The number of rotatable bonds is 6. The van der Waals surface area contributed by atoms with Crippen LogP contribution >= 0.6 is 0 Å². The van der Waals surface area contributed by atoms with Crippen molar-refractivity contribution in [1.29, 1.82) is 0 Å². The second-order valence-electron chi connectivity index (χ2n) is 6.73. The number of nitrogens with zero attached hydrogens (tertiary/aromatic N) is 3. The Bertz CT molecular complexity index is 1070. The molecule has 3 aromatic rings. The summed E-state index contributed by atoms with van der Waals surface area (Å²) in [7, 11) is 0. The molecule has 0 unspecified atom stereocenters. The number of benzene rings is 1. The molecule has 1 aliphatic rings. The van der Waals surface area contributed by atoms with Gasteiger partial charge in [-0.2, -0.15) is 0 Å². The maximum Gasteiger partial charge on any atom is 0.434 e. The Hall–Kier alpha value is -3.63. The number of aromatic amines is 1. The topological polar surface area (TPSA) is 130 Å². The van der Waals surface area contributed by atoms with Crippen LogP contribution in [-0.4, -0.2) is 28.2 Å². The lowest BCUT2D eigenvalue weighted by Gasteiger charge is -2.32. The zero-order chi connectivity index (χ0) is 20.4. The van der Waals surface area contributed by atoms with Crippen LogP contribution in [0.5, 0.6) is 0 Å². The Kier molecular flexibility index (Phi) is 5.02. The molecule has 0 saturated carbocycles. The van der Waals surface area contributed by atoms with Crippen LogP contribution in [0.15, 0.2) is 44.0 Å². The molecule has 1 aliphatic heterocycles. The maximum absolute atomic E-state index is 14.6. The molecular formula is C18H18FN5O5. The summed E-state index contributed by atoms with van der Waals surface area (Å²) in [6.07, 6.45) is 1.40. The van der Waals surface area contributed by atoms with Gasteiger partial charge in [0.25, 0.3) is 0 Å². The number of piperidine rings is 1. The standard InChI is InChI=1S/C18H18FN5O5/c19-14-9-12(20-10-13-2-4-16(28-13)24(26)27)1-3-15(14)23-7-5-11(6-8-23)17-21-22-18(25)29-17/h1-4,9,11,20H,5-8,10H2,(H,22,25). The van der Waals surface area contributed by atoms with Crippen LogP contribution in [0.1, 0.15) is 30.4 Å². The van der Waals surface area contributed by atoms with E-state index in [1.807, 2.05) is 4.90 Å². The quantitative estimate of drug-likeness (QED) is 0.474. The van der Waals surface area contributed by atoms with Gasteiger partial charge in [-0.3, -0.25) is 10.1 Å². The second kappa shape index (κ2) is 7.78. The average molecular weight is 403 g/mol. The van der Waals surface area contributed by atoms with Crippen molar-refractivity contribution in [1.82, 2.24) is 10.2 Å². The van der Waals surface area contributed by atoms with Crippen molar-refractivity contribution in [2.75, 3.05) is 23.3 Å². The van der Waals surface area contributed by atoms with Crippen LogP contribution in [0, 0.1) is 15.9 Å². The van der Waals surface area contributed by atoms with Crippen LogP contribution in [0.25, 0.3) is 0 Å². The van der Waals surface area contributed by atoms with Gasteiger partial charge >= 0.3 is 11.6 Å². The molecule has 3 heterocycles. The van der Waals surface area contributed by atoms with Crippen molar-refractivity contribution in [2.45, 2.75) is 25.3 Å². The Morgan fingerprint density at radius 2 is 2.07 bits per heavy atom. The lowest BCUT2D eigenvalue weighted by molar-refractivity contribution is -0.402. The predicted molar refractivity (Wildman–Crippen MR) is 100 cm³/mol. The third-order valence-electron chi connectivity index (χ3n) is 4.88. The number of halogens is 1. The fourth-order valence-corrected chi connectivity index (χ4v) is 3.41. The molecule has 1 saturated heterocycles. The highest BCUT2D eigenvalue weighted by Gasteiger charge is 2.26. The van der Waals surface area contributed by atoms with Crippen LogP contribution in [0.2, 0.25) is 0 Å². The van der Waals surface area contributed by atoms with E-state index in [-0.39, 0.29) is 24.2 Å². The highest BCUT2D eigenvalue weighted by Crippen LogP contribution is 2.31. The Morgan fingerprint density at radius 1 is 1.28 bits per heavy atom. The van der Waals surface area contributed by atoms with Crippen LogP contribution in [-0.2, 0) is 6.54 Å². The number of nitro groups is 1. The molecule has 10 nitrogen and oxygen atoms in total. The smallest absolute Gasteiger partial charge is 0.404 e. The number of H-pyrrole nitrogens is 1. The first kappa shape index (κ1) is 18.7. The van der Waals surface area contributed by atoms with E-state index in [0.29, 0.717) is 49.0 Å². The highest BCUT2D eigenvalue weighted by molar-refractivity contribution is 5.56. The Balaban J connectivity index is 1.36. The van der Waals surface area contributed by atoms with Gasteiger partial charge in [0.05, 0.1) is 18.3 Å². The zero-order valence-corrected chi connectivity index (χ0v) is 15.3. The monoisotopic (exact) mass is 403 g/mol. The van der Waals surface area contributed by atoms with Crippen molar-refractivity contribution in [2.24, 2.45) is 0 Å². The van der Waals surface area contributed by atoms with Crippen LogP contribution in [0.3, 0.4) is 0 Å². The Labute approximate surface area is 163 Å². The SMILES string of the molecule is O=c1[nH]nc(C2CCN(c3ccc(NCc4ccc([N+](=O)[O-])o4)cc3F)CC2)o1. The van der Waals surface area contributed by atoms with Crippen molar-refractivity contribution in [3.05, 3.63) is 68.5 Å². The molecule has 0 atom stereocenters. The molecule has 1 fully saturated rings. The number of hydrogen-bond donors (Lipinski definition) is 2. The average Bonchev–Trinajstić information content (AvgIpc) is 3.36. The molecule has 0 radical (unpaired) electrons. The molecule has 11 heteroatoms. The number of anilines is 2. The lowest BCUT2D eigenvalue weighted by Crippen LogP contribution is -2.33. The Morgan fingerprint density at radius 3 is 2.69 bits per heavy atom. The molecular weight excluding hydrogens is 385 g/mol. The zero-order valence-electron chi connectivity index (χ0n) is 15.3. The van der Waals surface area contributed by atoms with Crippen molar-refractivity contribution >= 4 is 17.3 Å². The normalized spacial score (nSPS) is 14.9. The molecule has 4 rings (SSSR count). The minimum Gasteiger partial charge on any atom is -0.404 e. The maximum atomic E-state index is 14.6. The number of aromatic nitrogens is 2. The van der Waals surface area contributed by atoms with E-state index in [9.17, 15) is 19.3 Å². The van der Waals surface area contributed by atoms with E-state index < -0.39 is 10.7 Å². The molecule has 0 spiro atoms. The van der Waals surface area contributed by atoms with E-state index in [1.165, 1.54) is 18.2 Å². The summed E-state index contributed by atoms with van der Waals surface area (Å²) in [5.41, 5.74) is 1.03. The van der Waals surface area contributed by atoms with E-state index >= 15 is 0 Å². The molecule has 0 bridgehead atoms. The van der Waals surface area contributed by atoms with Gasteiger partial charge in [0, 0.05) is 24.7 Å². The molecule has 152 valence electrons. The van der Waals surface area contributed by atoms with Crippen molar-refractivity contribution in [3.8, 4) is 0 Å². The highest BCUT2D eigenvalue weighted by atomic mass is 19.1. The van der Waals surface area contributed by atoms with E-state index in [0.717, 1.165) is 0 Å². The van der Waals surface area contributed by atoms with E-state index in [1.54, 1.807) is 12.1 Å². The summed E-state index contributed by atoms with van der Waals surface area (Å²) in [4.78, 5) is 23.1. The third kappa shape index (κ3) is 4.13. The van der Waals surface area contributed by atoms with Crippen molar-refractivity contribution < 1.29 is 18.1 Å². The fourth-order valence-electron chi connectivity index (χ4n) is 3.41. The minimum absolute atomic E-state index is 0.0338. The van der Waals surface area contributed by atoms with Gasteiger partial charge in [-0.1, -0.05) is 0 Å². The van der Waals surface area contributed by atoms with Gasteiger partial charge in [-0.25, -0.2) is 14.3 Å². The van der Waals surface area contributed by atoms with Crippen molar-refractivity contribution in [3.63, 3.8) is 0 Å². The second-order valence-corrected chi connectivity index (χ2v) is 6.73. The van der Waals surface area contributed by atoms with Gasteiger partial charge in [0.15, 0.2) is 0 Å². The van der Waals surface area contributed by atoms with Crippen LogP contribution < -0.4 is 16.0 Å². The molecule has 1 aromatic carbocycles. The summed E-state index contributed by atoms with van der Waals surface area (Å²) in [5.74, 6) is -0.459. The molecule has 2 aromatic heterocycles. The van der Waals surface area contributed by atoms with Gasteiger partial charge in [0.2, 0.25) is 5.89 Å². The number of nitrogens with one attached hydrogen (secondary N) is 2. The van der Waals surface area contributed by atoms with E-state index in [2.05, 4.69) is 15.5 Å². The van der Waals surface area contributed by atoms with E-state index in [4.69, 9.17) is 8.83 Å². The molecule has 29 heavy (non-hydrogen) atoms. The summed E-state index contributed by atoms with van der Waals surface area (Å²) in [6.45, 7) is 1.43. The molecule has 2 N–H and O–H groups in total. The first-order valence-electron chi connectivity index (χ1n) is 9.06. The van der Waals surface area contributed by atoms with Crippen LogP contribution in [0.4, 0.5) is 21.6 Å². The molecule has 0 amide bonds. The molecule has 0 aliphatic carbocycles. The largest absolute Gasteiger partial charge is 0.434 e. The minimum atomic E-state index is -0.610. The van der Waals surface area contributed by atoms with Gasteiger partial charge in [0.1, 0.15) is 16.5 Å². The van der Waals surface area contributed by atoms with Gasteiger partial charge in [-0.05, 0) is 37.1 Å². The summed E-state index contributed by atoms with van der Waals surface area (Å²) in [6, 6.07) is 7.59.